The second kappa shape index (κ2) is 15.3. The Morgan fingerprint density at radius 3 is 2.16 bits per heavy atom. The van der Waals surface area contributed by atoms with Crippen LogP contribution in [0.25, 0.3) is 0 Å². The van der Waals surface area contributed by atoms with E-state index in [4.69, 9.17) is 16.3 Å². The van der Waals surface area contributed by atoms with E-state index >= 15 is 0 Å². The Hall–Kier alpha value is -3.56. The average Bonchev–Trinajstić information content (AvgIpc) is 2.93. The van der Waals surface area contributed by atoms with Crippen LogP contribution in [0.5, 0.6) is 5.75 Å². The monoisotopic (exact) mass is 627 g/mol. The molecular weight excluding hydrogens is 586 g/mol. The summed E-state index contributed by atoms with van der Waals surface area (Å²) in [6.45, 7) is 8.28. The van der Waals surface area contributed by atoms with Crippen LogP contribution < -0.4 is 14.4 Å². The fraction of sp³-hybridized carbons (Fsp3) is 0.394. The van der Waals surface area contributed by atoms with Gasteiger partial charge in [0.15, 0.2) is 0 Å². The summed E-state index contributed by atoms with van der Waals surface area (Å²) >= 11 is 6.50. The third-order valence-corrected chi connectivity index (χ3v) is 8.22. The second-order valence-corrected chi connectivity index (χ2v) is 13.7. The average molecular weight is 628 g/mol. The number of benzene rings is 3. The molecule has 0 heterocycles. The molecule has 2 amide bonds. The van der Waals surface area contributed by atoms with E-state index in [1.807, 2.05) is 76.2 Å². The molecular formula is C33H42ClN3O5S. The fourth-order valence-corrected chi connectivity index (χ4v) is 5.86. The lowest BCUT2D eigenvalue weighted by atomic mass is 10.00. The molecule has 1 atom stereocenters. The van der Waals surface area contributed by atoms with Crippen molar-refractivity contribution in [2.24, 2.45) is 0 Å². The van der Waals surface area contributed by atoms with Gasteiger partial charge >= 0.3 is 0 Å². The van der Waals surface area contributed by atoms with Crippen LogP contribution in [-0.2, 0) is 32.6 Å². The molecule has 0 aliphatic heterocycles. The first kappa shape index (κ1) is 33.9. The van der Waals surface area contributed by atoms with Gasteiger partial charge in [0.05, 0.1) is 18.6 Å². The molecule has 0 aliphatic rings. The number of amides is 2. The van der Waals surface area contributed by atoms with Gasteiger partial charge in [-0.05, 0) is 75.6 Å². The molecule has 0 aromatic heterocycles. The van der Waals surface area contributed by atoms with Gasteiger partial charge < -0.3 is 15.0 Å². The SMILES string of the molecule is CCOc1ccc(N(CCCC(=O)N(Cc2ccccc2Cl)C(Cc2ccccc2)C(=O)NC(C)(C)C)S(C)(=O)=O)cc1. The maximum atomic E-state index is 14.0. The lowest BCUT2D eigenvalue weighted by Crippen LogP contribution is -2.54. The summed E-state index contributed by atoms with van der Waals surface area (Å²) in [6, 6.07) is 22.8. The first-order chi connectivity index (χ1) is 20.3. The van der Waals surface area contributed by atoms with E-state index in [2.05, 4.69) is 5.32 Å². The molecule has 3 aromatic rings. The van der Waals surface area contributed by atoms with E-state index in [1.165, 1.54) is 4.31 Å². The minimum Gasteiger partial charge on any atom is -0.494 e. The zero-order valence-corrected chi connectivity index (χ0v) is 27.1. The number of hydrogen-bond donors (Lipinski definition) is 1. The molecule has 0 bridgehead atoms. The number of sulfonamides is 1. The highest BCUT2D eigenvalue weighted by Gasteiger charge is 2.32. The van der Waals surface area contributed by atoms with Crippen LogP contribution in [0.15, 0.2) is 78.9 Å². The molecule has 3 aromatic carbocycles. The molecule has 3 rings (SSSR count). The van der Waals surface area contributed by atoms with Crippen LogP contribution in [0.3, 0.4) is 0 Å². The molecule has 0 spiro atoms. The van der Waals surface area contributed by atoms with Crippen molar-refractivity contribution in [1.29, 1.82) is 0 Å². The summed E-state index contributed by atoms with van der Waals surface area (Å²) < 4.78 is 32.1. The number of nitrogens with one attached hydrogen (secondary N) is 1. The minimum absolute atomic E-state index is 0.0294. The summed E-state index contributed by atoms with van der Waals surface area (Å²) in [7, 11) is -3.62. The van der Waals surface area contributed by atoms with Gasteiger partial charge in [-0.3, -0.25) is 13.9 Å². The van der Waals surface area contributed by atoms with Crippen molar-refractivity contribution < 1.29 is 22.7 Å². The van der Waals surface area contributed by atoms with Gasteiger partial charge in [0.1, 0.15) is 11.8 Å². The molecule has 232 valence electrons. The van der Waals surface area contributed by atoms with E-state index in [0.717, 1.165) is 11.8 Å². The lowest BCUT2D eigenvalue weighted by Gasteiger charge is -2.34. The Balaban J connectivity index is 1.89. The summed E-state index contributed by atoms with van der Waals surface area (Å²) in [5.74, 6) is 0.0945. The Labute approximate surface area is 261 Å². The van der Waals surface area contributed by atoms with Crippen molar-refractivity contribution in [1.82, 2.24) is 10.2 Å². The van der Waals surface area contributed by atoms with Crippen LogP contribution in [0.4, 0.5) is 5.69 Å². The molecule has 10 heteroatoms. The molecule has 0 aliphatic carbocycles. The van der Waals surface area contributed by atoms with Crippen molar-refractivity contribution in [2.75, 3.05) is 23.7 Å². The van der Waals surface area contributed by atoms with Gasteiger partial charge in [-0.25, -0.2) is 8.42 Å². The summed E-state index contributed by atoms with van der Waals surface area (Å²) in [4.78, 5) is 29.3. The normalized spacial score (nSPS) is 12.3. The number of ether oxygens (including phenoxy) is 1. The predicted molar refractivity (Wildman–Crippen MR) is 173 cm³/mol. The number of hydrogen-bond acceptors (Lipinski definition) is 5. The Bertz CT molecular complexity index is 1460. The predicted octanol–water partition coefficient (Wildman–Crippen LogP) is 5.84. The molecule has 0 fully saturated rings. The fourth-order valence-electron chi connectivity index (χ4n) is 4.70. The van der Waals surface area contributed by atoms with Crippen LogP contribution in [0.1, 0.15) is 51.7 Å². The van der Waals surface area contributed by atoms with E-state index in [9.17, 15) is 18.0 Å². The van der Waals surface area contributed by atoms with E-state index in [0.29, 0.717) is 35.1 Å². The van der Waals surface area contributed by atoms with Crippen LogP contribution >= 0.6 is 11.6 Å². The third kappa shape index (κ3) is 10.6. The number of rotatable bonds is 14. The van der Waals surface area contributed by atoms with Gasteiger partial charge in [-0.15, -0.1) is 0 Å². The molecule has 1 unspecified atom stereocenters. The van der Waals surface area contributed by atoms with Crippen molar-refractivity contribution in [3.05, 3.63) is 95.0 Å². The van der Waals surface area contributed by atoms with E-state index in [1.54, 1.807) is 35.2 Å². The molecule has 0 saturated heterocycles. The summed E-state index contributed by atoms with van der Waals surface area (Å²) in [5.41, 5.74) is 1.59. The standard InChI is InChI=1S/C33H42ClN3O5S/c1-6-42-28-20-18-27(19-21-28)37(43(5,40)41)22-12-17-31(38)36(24-26-15-10-11-16-29(26)34)30(32(39)35-33(2,3)4)23-25-13-8-7-9-14-25/h7-11,13-16,18-21,30H,6,12,17,22-24H2,1-5H3,(H,35,39). The maximum Gasteiger partial charge on any atom is 0.243 e. The third-order valence-electron chi connectivity index (χ3n) is 6.66. The molecule has 43 heavy (non-hydrogen) atoms. The Morgan fingerprint density at radius 2 is 1.58 bits per heavy atom. The highest BCUT2D eigenvalue weighted by Crippen LogP contribution is 2.24. The number of carbonyl (C=O) groups excluding carboxylic acids is 2. The zero-order chi connectivity index (χ0) is 31.6. The van der Waals surface area contributed by atoms with Crippen molar-refractivity contribution in [2.45, 2.75) is 65.1 Å². The Morgan fingerprint density at radius 1 is 0.953 bits per heavy atom. The number of halogens is 1. The van der Waals surface area contributed by atoms with E-state index < -0.39 is 21.6 Å². The van der Waals surface area contributed by atoms with Crippen LogP contribution in [-0.4, -0.2) is 56.1 Å². The van der Waals surface area contributed by atoms with Crippen molar-refractivity contribution in [3.63, 3.8) is 0 Å². The highest BCUT2D eigenvalue weighted by molar-refractivity contribution is 7.92. The topological polar surface area (TPSA) is 96.0 Å². The van der Waals surface area contributed by atoms with Gasteiger partial charge in [0.25, 0.3) is 0 Å². The number of carbonyl (C=O) groups is 2. The summed E-state index contributed by atoms with van der Waals surface area (Å²) in [5, 5.41) is 3.54. The van der Waals surface area contributed by atoms with Gasteiger partial charge in [-0.2, -0.15) is 0 Å². The van der Waals surface area contributed by atoms with Crippen molar-refractivity contribution in [3.8, 4) is 5.75 Å². The Kier molecular flexibility index (Phi) is 12.0. The quantitative estimate of drug-likeness (QED) is 0.242. The van der Waals surface area contributed by atoms with Gasteiger partial charge in [-0.1, -0.05) is 60.1 Å². The molecule has 8 nitrogen and oxygen atoms in total. The van der Waals surface area contributed by atoms with Gasteiger partial charge in [0, 0.05) is 36.5 Å². The number of anilines is 1. The first-order valence-corrected chi connectivity index (χ1v) is 16.6. The molecule has 0 radical (unpaired) electrons. The van der Waals surface area contributed by atoms with E-state index in [-0.39, 0.29) is 37.7 Å². The highest BCUT2D eigenvalue weighted by atomic mass is 35.5. The smallest absolute Gasteiger partial charge is 0.243 e. The minimum atomic E-state index is -3.62. The van der Waals surface area contributed by atoms with Gasteiger partial charge in [0.2, 0.25) is 21.8 Å². The van der Waals surface area contributed by atoms with Crippen LogP contribution in [0, 0.1) is 0 Å². The summed E-state index contributed by atoms with van der Waals surface area (Å²) in [6.07, 6.45) is 1.72. The molecule has 1 N–H and O–H groups in total. The maximum absolute atomic E-state index is 14.0. The first-order valence-electron chi connectivity index (χ1n) is 14.4. The van der Waals surface area contributed by atoms with Crippen molar-refractivity contribution >= 4 is 39.1 Å². The zero-order valence-electron chi connectivity index (χ0n) is 25.5. The number of nitrogens with zero attached hydrogens (tertiary/aromatic N) is 2. The lowest BCUT2D eigenvalue weighted by molar-refractivity contribution is -0.142. The van der Waals surface area contributed by atoms with Crippen LogP contribution in [0.2, 0.25) is 5.02 Å². The second-order valence-electron chi connectivity index (χ2n) is 11.4. The largest absolute Gasteiger partial charge is 0.494 e. The molecule has 0 saturated carbocycles.